The van der Waals surface area contributed by atoms with Crippen LogP contribution in [0, 0.1) is 0 Å². The highest BCUT2D eigenvalue weighted by Gasteiger charge is 2.56. The summed E-state index contributed by atoms with van der Waals surface area (Å²) < 4.78 is 13.7. The largest absolute Gasteiger partial charge is 0.518 e. The summed E-state index contributed by atoms with van der Waals surface area (Å²) >= 11 is 0. The van der Waals surface area contributed by atoms with Gasteiger partial charge in [0.1, 0.15) is 0 Å². The minimum atomic E-state index is -0.933. The molecule has 0 amide bonds. The van der Waals surface area contributed by atoms with Gasteiger partial charge >= 0.3 is 12.1 Å². The number of carbonyl (C=O) groups is 1. The number of hydrogen-bond acceptors (Lipinski definition) is 4. The second-order valence-corrected chi connectivity index (χ2v) is 1.74. The van der Waals surface area contributed by atoms with Crippen LogP contribution >= 0.6 is 0 Å². The summed E-state index contributed by atoms with van der Waals surface area (Å²) in [5.74, 6) is -0.933. The molecular formula is C4H4O4. The summed E-state index contributed by atoms with van der Waals surface area (Å²) in [6.07, 6.45) is 0.0309. The highest BCUT2D eigenvalue weighted by molar-refractivity contribution is 5.65. The van der Waals surface area contributed by atoms with Crippen molar-refractivity contribution in [1.82, 2.24) is 0 Å². The van der Waals surface area contributed by atoms with E-state index in [0.29, 0.717) is 13.0 Å². The van der Waals surface area contributed by atoms with Gasteiger partial charge in [0, 0.05) is 0 Å². The molecule has 8 heavy (non-hydrogen) atoms. The van der Waals surface area contributed by atoms with E-state index in [0.717, 1.165) is 0 Å². The fourth-order valence-corrected chi connectivity index (χ4v) is 0.691. The summed E-state index contributed by atoms with van der Waals surface area (Å²) in [5.41, 5.74) is 0. The summed E-state index contributed by atoms with van der Waals surface area (Å²) in [4.78, 5) is 9.98. The van der Waals surface area contributed by atoms with E-state index in [1.165, 1.54) is 0 Å². The lowest BCUT2D eigenvalue weighted by molar-refractivity contribution is -0.456. The Kier molecular flexibility index (Phi) is 0.504. The Morgan fingerprint density at radius 3 is 2.25 bits per heavy atom. The third-order valence-electron chi connectivity index (χ3n) is 1.21. The van der Waals surface area contributed by atoms with Crippen molar-refractivity contribution in [1.29, 1.82) is 0 Å². The molecular weight excluding hydrogens is 112 g/mol. The van der Waals surface area contributed by atoms with Gasteiger partial charge in [0.2, 0.25) is 0 Å². The normalized spacial score (nSPS) is 29.8. The maximum Gasteiger partial charge on any atom is 0.518 e. The Bertz CT molecular complexity index is 127. The molecule has 0 N–H and O–H groups in total. The van der Waals surface area contributed by atoms with Gasteiger partial charge in [0.05, 0.1) is 13.0 Å². The zero-order valence-corrected chi connectivity index (χ0v) is 4.05. The summed E-state index contributed by atoms with van der Waals surface area (Å²) in [5, 5.41) is 0. The molecule has 2 aliphatic rings. The summed E-state index contributed by atoms with van der Waals surface area (Å²) in [7, 11) is 0. The molecule has 2 fully saturated rings. The lowest BCUT2D eigenvalue weighted by Gasteiger charge is -2.44. The van der Waals surface area contributed by atoms with Gasteiger partial charge in [-0.1, -0.05) is 0 Å². The van der Waals surface area contributed by atoms with Crippen LogP contribution in [0.25, 0.3) is 0 Å². The van der Waals surface area contributed by atoms with Crippen LogP contribution in [0.4, 0.5) is 4.79 Å². The van der Waals surface area contributed by atoms with Crippen LogP contribution < -0.4 is 0 Å². The van der Waals surface area contributed by atoms with E-state index in [1.54, 1.807) is 0 Å². The minimum Gasteiger partial charge on any atom is -0.365 e. The minimum absolute atomic E-state index is 0.618. The van der Waals surface area contributed by atoms with Gasteiger partial charge in [-0.3, -0.25) is 0 Å². The maximum absolute atomic E-state index is 9.98. The molecule has 1 spiro atoms. The fraction of sp³-hybridized carbons (Fsp3) is 0.750. The van der Waals surface area contributed by atoms with Gasteiger partial charge in [0.15, 0.2) is 0 Å². The molecule has 0 bridgehead atoms. The number of carbonyl (C=O) groups excluding carboxylic acids is 1. The van der Waals surface area contributed by atoms with E-state index in [4.69, 9.17) is 4.74 Å². The molecule has 0 atom stereocenters. The zero-order chi connectivity index (χ0) is 5.61. The first-order valence-electron chi connectivity index (χ1n) is 2.37. The third kappa shape index (κ3) is 0.315. The van der Waals surface area contributed by atoms with Crippen molar-refractivity contribution in [2.75, 3.05) is 6.61 Å². The van der Waals surface area contributed by atoms with Crippen molar-refractivity contribution >= 4 is 6.16 Å². The Balaban J connectivity index is 2.01. The van der Waals surface area contributed by atoms with Crippen molar-refractivity contribution in [2.24, 2.45) is 0 Å². The smallest absolute Gasteiger partial charge is 0.365 e. The van der Waals surface area contributed by atoms with Gasteiger partial charge < -0.3 is 14.2 Å². The van der Waals surface area contributed by atoms with Crippen LogP contribution in [0.5, 0.6) is 0 Å². The van der Waals surface area contributed by atoms with Gasteiger partial charge in [-0.2, -0.15) is 0 Å². The molecule has 4 nitrogen and oxygen atoms in total. The molecule has 0 aromatic heterocycles. The lowest BCUT2D eigenvalue weighted by Crippen LogP contribution is -2.59. The van der Waals surface area contributed by atoms with Crippen molar-refractivity contribution in [3.63, 3.8) is 0 Å². The molecule has 4 heteroatoms. The Labute approximate surface area is 45.3 Å². The first-order valence-corrected chi connectivity index (χ1v) is 2.37. The van der Waals surface area contributed by atoms with Gasteiger partial charge in [-0.15, -0.1) is 0 Å². The van der Waals surface area contributed by atoms with Crippen LogP contribution in [-0.2, 0) is 14.2 Å². The molecule has 2 rings (SSSR count). The molecule has 0 aliphatic carbocycles. The highest BCUT2D eigenvalue weighted by Crippen LogP contribution is 2.36. The molecule has 2 heterocycles. The van der Waals surface area contributed by atoms with Crippen LogP contribution in [0.1, 0.15) is 6.42 Å². The first-order chi connectivity index (χ1) is 3.81. The zero-order valence-electron chi connectivity index (χ0n) is 4.05. The monoisotopic (exact) mass is 116 g/mol. The van der Waals surface area contributed by atoms with Crippen LogP contribution in [-0.4, -0.2) is 18.7 Å². The van der Waals surface area contributed by atoms with Crippen molar-refractivity contribution in [3.05, 3.63) is 0 Å². The lowest BCUT2D eigenvalue weighted by atomic mass is 10.3. The average Bonchev–Trinajstić information content (AvgIpc) is 1.51. The first kappa shape index (κ1) is 4.14. The van der Waals surface area contributed by atoms with Crippen molar-refractivity contribution in [3.8, 4) is 0 Å². The predicted octanol–water partition coefficient (Wildman–Crippen LogP) is 0.227. The van der Waals surface area contributed by atoms with Gasteiger partial charge in [0.25, 0.3) is 0 Å². The van der Waals surface area contributed by atoms with E-state index in [9.17, 15) is 4.79 Å². The molecule has 0 aromatic carbocycles. The Morgan fingerprint density at radius 1 is 1.50 bits per heavy atom. The van der Waals surface area contributed by atoms with E-state index < -0.39 is 12.1 Å². The van der Waals surface area contributed by atoms with Crippen LogP contribution in [0.2, 0.25) is 0 Å². The number of rotatable bonds is 0. The molecule has 0 saturated carbocycles. The van der Waals surface area contributed by atoms with Gasteiger partial charge in [-0.05, 0) is 0 Å². The highest BCUT2D eigenvalue weighted by atomic mass is 17.0. The Hall–Kier alpha value is -0.770. The molecule has 2 saturated heterocycles. The van der Waals surface area contributed by atoms with Crippen LogP contribution in [0.15, 0.2) is 0 Å². The SMILES string of the molecule is O=C1OC2(CCO2)O1. The molecule has 44 valence electrons. The second kappa shape index (κ2) is 0.974. The summed E-state index contributed by atoms with van der Waals surface area (Å²) in [6.45, 7) is 0.618. The topological polar surface area (TPSA) is 44.8 Å². The van der Waals surface area contributed by atoms with Crippen molar-refractivity contribution < 1.29 is 19.0 Å². The Morgan fingerprint density at radius 2 is 2.12 bits per heavy atom. The predicted molar refractivity (Wildman–Crippen MR) is 20.9 cm³/mol. The van der Waals surface area contributed by atoms with Crippen molar-refractivity contribution in [2.45, 2.75) is 12.4 Å². The molecule has 2 aliphatic heterocycles. The number of ether oxygens (including phenoxy) is 3. The fourth-order valence-electron chi connectivity index (χ4n) is 0.691. The van der Waals surface area contributed by atoms with E-state index in [1.807, 2.05) is 0 Å². The molecule has 0 unspecified atom stereocenters. The quantitative estimate of drug-likeness (QED) is 0.425. The van der Waals surface area contributed by atoms with Gasteiger partial charge in [-0.25, -0.2) is 4.79 Å². The van der Waals surface area contributed by atoms with E-state index >= 15 is 0 Å². The maximum atomic E-state index is 9.98. The van der Waals surface area contributed by atoms with E-state index in [2.05, 4.69) is 9.47 Å². The standard InChI is InChI=1S/C4H4O4/c5-3-7-4(8-3)1-2-6-4/h1-2H2. The average molecular weight is 116 g/mol. The second-order valence-electron chi connectivity index (χ2n) is 1.74. The summed E-state index contributed by atoms with van der Waals surface area (Å²) in [6, 6.07) is 0. The third-order valence-corrected chi connectivity index (χ3v) is 1.21. The number of hydrogen-bond donors (Lipinski definition) is 0. The molecule has 0 aromatic rings. The molecule has 0 radical (unpaired) electrons. The van der Waals surface area contributed by atoms with Crippen LogP contribution in [0.3, 0.4) is 0 Å². The van der Waals surface area contributed by atoms with E-state index in [-0.39, 0.29) is 0 Å².